The molecule has 6 heteroatoms. The predicted octanol–water partition coefficient (Wildman–Crippen LogP) is 1.48. The normalized spacial score (nSPS) is 11.8. The monoisotopic (exact) mass is 270 g/mol. The molecule has 1 atom stereocenters. The van der Waals surface area contributed by atoms with Gasteiger partial charge in [-0.3, -0.25) is 4.79 Å². The van der Waals surface area contributed by atoms with E-state index in [0.717, 1.165) is 5.56 Å². The Bertz CT molecular complexity index is 463. The molecule has 0 saturated heterocycles. The van der Waals surface area contributed by atoms with Crippen LogP contribution >= 0.6 is 11.6 Å². The van der Waals surface area contributed by atoms with E-state index in [9.17, 15) is 9.59 Å². The van der Waals surface area contributed by atoms with Crippen LogP contribution in [0.15, 0.2) is 18.2 Å². The highest BCUT2D eigenvalue weighted by Crippen LogP contribution is 2.22. The van der Waals surface area contributed by atoms with Gasteiger partial charge in [-0.05, 0) is 31.5 Å². The van der Waals surface area contributed by atoms with Crippen molar-refractivity contribution < 1.29 is 14.3 Å². The van der Waals surface area contributed by atoms with Gasteiger partial charge in [0.2, 0.25) is 0 Å². The molecule has 0 spiro atoms. The lowest BCUT2D eigenvalue weighted by Gasteiger charge is -2.12. The van der Waals surface area contributed by atoms with Gasteiger partial charge in [-0.2, -0.15) is 0 Å². The zero-order valence-electron chi connectivity index (χ0n) is 10.2. The molecule has 0 bridgehead atoms. The summed E-state index contributed by atoms with van der Waals surface area (Å²) in [7, 11) is 0. The zero-order valence-corrected chi connectivity index (χ0v) is 11.0. The summed E-state index contributed by atoms with van der Waals surface area (Å²) in [5.74, 6) is -1.42. The van der Waals surface area contributed by atoms with Crippen LogP contribution in [-0.4, -0.2) is 24.5 Å². The molecule has 0 heterocycles. The number of anilines is 1. The van der Waals surface area contributed by atoms with Crippen LogP contribution in [0, 0.1) is 6.92 Å². The van der Waals surface area contributed by atoms with Crippen molar-refractivity contribution in [3.05, 3.63) is 28.8 Å². The van der Waals surface area contributed by atoms with E-state index in [1.54, 1.807) is 19.1 Å². The third-order valence-electron chi connectivity index (χ3n) is 2.20. The molecule has 98 valence electrons. The van der Waals surface area contributed by atoms with E-state index in [-0.39, 0.29) is 6.61 Å². The highest BCUT2D eigenvalue weighted by molar-refractivity contribution is 6.33. The molecule has 0 fully saturated rings. The van der Waals surface area contributed by atoms with Crippen molar-refractivity contribution in [3.63, 3.8) is 0 Å². The maximum Gasteiger partial charge on any atom is 0.332 e. The standard InChI is InChI=1S/C12H15ClN2O3/c1-3-18-12(17)10(14)11(16)15-9-6-7(2)4-5-8(9)13/h4-6,10H,3,14H2,1-2H3,(H,15,16). The number of carbonyl (C=O) groups is 2. The molecular formula is C12H15ClN2O3. The number of halogens is 1. The van der Waals surface area contributed by atoms with Gasteiger partial charge in [-0.25, -0.2) is 4.79 Å². The first-order valence-corrected chi connectivity index (χ1v) is 5.82. The van der Waals surface area contributed by atoms with Crippen molar-refractivity contribution in [2.75, 3.05) is 11.9 Å². The fraction of sp³-hybridized carbons (Fsp3) is 0.333. The second kappa shape index (κ2) is 6.37. The van der Waals surface area contributed by atoms with Gasteiger partial charge in [-0.15, -0.1) is 0 Å². The molecule has 3 N–H and O–H groups in total. The van der Waals surface area contributed by atoms with Gasteiger partial charge in [0, 0.05) is 0 Å². The van der Waals surface area contributed by atoms with Crippen molar-refractivity contribution in [1.82, 2.24) is 0 Å². The number of hydrogen-bond acceptors (Lipinski definition) is 4. The van der Waals surface area contributed by atoms with Crippen molar-refractivity contribution in [3.8, 4) is 0 Å². The zero-order chi connectivity index (χ0) is 13.7. The van der Waals surface area contributed by atoms with Gasteiger partial charge in [0.1, 0.15) is 0 Å². The number of carbonyl (C=O) groups excluding carboxylic acids is 2. The van der Waals surface area contributed by atoms with Gasteiger partial charge in [-0.1, -0.05) is 17.7 Å². The first-order chi connectivity index (χ1) is 8.45. The second-order valence-electron chi connectivity index (χ2n) is 3.70. The average Bonchev–Trinajstić information content (AvgIpc) is 2.33. The van der Waals surface area contributed by atoms with E-state index in [2.05, 4.69) is 10.1 Å². The molecule has 1 amide bonds. The Labute approximate surface area is 110 Å². The smallest absolute Gasteiger partial charge is 0.332 e. The molecule has 0 saturated carbocycles. The van der Waals surface area contributed by atoms with Crippen LogP contribution in [0.5, 0.6) is 0 Å². The van der Waals surface area contributed by atoms with Crippen molar-refractivity contribution in [2.24, 2.45) is 5.73 Å². The number of aryl methyl sites for hydroxylation is 1. The molecular weight excluding hydrogens is 256 g/mol. The van der Waals surface area contributed by atoms with E-state index in [4.69, 9.17) is 17.3 Å². The lowest BCUT2D eigenvalue weighted by Crippen LogP contribution is -2.43. The Morgan fingerprint density at radius 2 is 2.17 bits per heavy atom. The summed E-state index contributed by atoms with van der Waals surface area (Å²) in [6.45, 7) is 3.67. The van der Waals surface area contributed by atoms with Crippen LogP contribution in [0.4, 0.5) is 5.69 Å². The molecule has 0 aliphatic heterocycles. The highest BCUT2D eigenvalue weighted by atomic mass is 35.5. The van der Waals surface area contributed by atoms with Crippen LogP contribution in [0.25, 0.3) is 0 Å². The first-order valence-electron chi connectivity index (χ1n) is 5.45. The molecule has 18 heavy (non-hydrogen) atoms. The van der Waals surface area contributed by atoms with Crippen LogP contribution in [0.2, 0.25) is 5.02 Å². The van der Waals surface area contributed by atoms with E-state index < -0.39 is 17.9 Å². The van der Waals surface area contributed by atoms with Gasteiger partial charge in [0.15, 0.2) is 6.04 Å². The van der Waals surface area contributed by atoms with E-state index in [0.29, 0.717) is 10.7 Å². The number of amides is 1. The minimum atomic E-state index is -1.36. The summed E-state index contributed by atoms with van der Waals surface area (Å²) >= 11 is 5.91. The lowest BCUT2D eigenvalue weighted by molar-refractivity contribution is -0.146. The summed E-state index contributed by atoms with van der Waals surface area (Å²) < 4.78 is 4.66. The third-order valence-corrected chi connectivity index (χ3v) is 2.53. The summed E-state index contributed by atoms with van der Waals surface area (Å²) in [6, 6.07) is 3.80. The topological polar surface area (TPSA) is 81.4 Å². The van der Waals surface area contributed by atoms with Crippen molar-refractivity contribution in [2.45, 2.75) is 19.9 Å². The molecule has 5 nitrogen and oxygen atoms in total. The number of rotatable bonds is 4. The van der Waals surface area contributed by atoms with Gasteiger partial charge >= 0.3 is 5.97 Å². The first kappa shape index (κ1) is 14.5. The molecule has 0 radical (unpaired) electrons. The number of hydrogen-bond donors (Lipinski definition) is 2. The fourth-order valence-corrected chi connectivity index (χ4v) is 1.45. The number of esters is 1. The van der Waals surface area contributed by atoms with Crippen molar-refractivity contribution >= 4 is 29.2 Å². The van der Waals surface area contributed by atoms with Crippen LogP contribution in [0.1, 0.15) is 12.5 Å². The Kier molecular flexibility index (Phi) is 5.12. The number of ether oxygens (including phenoxy) is 1. The number of nitrogens with two attached hydrogens (primary N) is 1. The minimum absolute atomic E-state index is 0.172. The van der Waals surface area contributed by atoms with Crippen LogP contribution < -0.4 is 11.1 Å². The van der Waals surface area contributed by atoms with E-state index >= 15 is 0 Å². The Balaban J connectivity index is 2.75. The van der Waals surface area contributed by atoms with Crippen LogP contribution in [-0.2, 0) is 14.3 Å². The SMILES string of the molecule is CCOC(=O)C(N)C(=O)Nc1cc(C)ccc1Cl. The molecule has 0 aromatic heterocycles. The third kappa shape index (κ3) is 3.72. The number of benzene rings is 1. The largest absolute Gasteiger partial charge is 0.464 e. The van der Waals surface area contributed by atoms with E-state index in [1.165, 1.54) is 0 Å². The Morgan fingerprint density at radius 3 is 2.78 bits per heavy atom. The number of nitrogens with one attached hydrogen (secondary N) is 1. The van der Waals surface area contributed by atoms with Crippen LogP contribution in [0.3, 0.4) is 0 Å². The maximum atomic E-state index is 11.7. The van der Waals surface area contributed by atoms with Gasteiger partial charge in [0.05, 0.1) is 17.3 Å². The maximum absolute atomic E-state index is 11.7. The summed E-state index contributed by atoms with van der Waals surface area (Å²) in [6.07, 6.45) is 0. The highest BCUT2D eigenvalue weighted by Gasteiger charge is 2.23. The quantitative estimate of drug-likeness (QED) is 0.641. The second-order valence-corrected chi connectivity index (χ2v) is 4.11. The minimum Gasteiger partial charge on any atom is -0.464 e. The predicted molar refractivity (Wildman–Crippen MR) is 69.4 cm³/mol. The van der Waals surface area contributed by atoms with E-state index in [1.807, 2.05) is 13.0 Å². The molecule has 0 aliphatic rings. The molecule has 1 aromatic rings. The van der Waals surface area contributed by atoms with Crippen molar-refractivity contribution in [1.29, 1.82) is 0 Å². The van der Waals surface area contributed by atoms with Gasteiger partial charge in [0.25, 0.3) is 5.91 Å². The molecule has 1 rings (SSSR count). The molecule has 0 aliphatic carbocycles. The lowest BCUT2D eigenvalue weighted by atomic mass is 10.2. The molecule has 1 aromatic carbocycles. The van der Waals surface area contributed by atoms with Gasteiger partial charge < -0.3 is 15.8 Å². The molecule has 1 unspecified atom stereocenters. The Hall–Kier alpha value is -1.59. The Morgan fingerprint density at radius 1 is 1.50 bits per heavy atom. The fourth-order valence-electron chi connectivity index (χ4n) is 1.28. The summed E-state index contributed by atoms with van der Waals surface area (Å²) in [4.78, 5) is 23.0. The summed E-state index contributed by atoms with van der Waals surface area (Å²) in [5.41, 5.74) is 6.80. The summed E-state index contributed by atoms with van der Waals surface area (Å²) in [5, 5.41) is 2.87. The average molecular weight is 271 g/mol.